The summed E-state index contributed by atoms with van der Waals surface area (Å²) in [6.07, 6.45) is 0. The molecule has 1 N–H and O–H groups in total. The lowest BCUT2D eigenvalue weighted by Crippen LogP contribution is -2.23. The maximum Gasteiger partial charge on any atom is 0.354 e. The maximum absolute atomic E-state index is 13.7. The Morgan fingerprint density at radius 2 is 1.76 bits per heavy atom. The second kappa shape index (κ2) is 8.72. The molecule has 5 rings (SSSR count). The zero-order valence-electron chi connectivity index (χ0n) is 17.9. The third-order valence-electron chi connectivity index (χ3n) is 5.48. The molecule has 0 saturated carbocycles. The number of hydrogen-bond acceptors (Lipinski definition) is 6. The number of hydrogen-bond donors (Lipinski definition) is 1. The van der Waals surface area contributed by atoms with Gasteiger partial charge in [-0.3, -0.25) is 4.79 Å². The van der Waals surface area contributed by atoms with Gasteiger partial charge in [-0.2, -0.15) is 0 Å². The lowest BCUT2D eigenvalue weighted by molar-refractivity contribution is 0.415. The van der Waals surface area contributed by atoms with E-state index in [-0.39, 0.29) is 22.4 Å². The topological polar surface area (TPSA) is 81.7 Å². The molecular weight excluding hydrogens is 457 g/mol. The zero-order chi connectivity index (χ0) is 23.8. The number of pyridine rings is 1. The molecule has 0 aliphatic carbocycles. The highest BCUT2D eigenvalue weighted by molar-refractivity contribution is 7.99. The van der Waals surface area contributed by atoms with Gasteiger partial charge in [0.1, 0.15) is 21.8 Å². The van der Waals surface area contributed by atoms with Crippen molar-refractivity contribution in [3.05, 3.63) is 105 Å². The summed E-state index contributed by atoms with van der Waals surface area (Å²) in [5.74, 6) is -0.363. The fourth-order valence-electron chi connectivity index (χ4n) is 3.83. The van der Waals surface area contributed by atoms with E-state index >= 15 is 0 Å². The largest absolute Gasteiger partial charge is 0.505 e. The SMILES string of the molecule is COc1ccc2c3oc(=O)c(Sc4ccc(F)cc4)c(O)c3c(=O)n(Cc3ccccc3)c2c1. The molecule has 170 valence electrons. The van der Waals surface area contributed by atoms with Crippen molar-refractivity contribution in [2.75, 3.05) is 7.11 Å². The molecule has 0 amide bonds. The first-order valence-electron chi connectivity index (χ1n) is 10.3. The van der Waals surface area contributed by atoms with Crippen molar-refractivity contribution >= 4 is 33.6 Å². The molecule has 0 radical (unpaired) electrons. The van der Waals surface area contributed by atoms with E-state index in [1.165, 1.54) is 35.9 Å². The Balaban J connectivity index is 1.80. The van der Waals surface area contributed by atoms with Crippen LogP contribution in [0.4, 0.5) is 4.39 Å². The van der Waals surface area contributed by atoms with Crippen molar-refractivity contribution in [3.63, 3.8) is 0 Å². The Morgan fingerprint density at radius 1 is 1.03 bits per heavy atom. The van der Waals surface area contributed by atoms with Gasteiger partial charge in [0.05, 0.1) is 19.2 Å². The summed E-state index contributed by atoms with van der Waals surface area (Å²) in [6.45, 7) is 0.234. The Labute approximate surface area is 196 Å². The molecule has 0 aliphatic rings. The summed E-state index contributed by atoms with van der Waals surface area (Å²) in [5, 5.41) is 11.5. The van der Waals surface area contributed by atoms with E-state index in [2.05, 4.69) is 0 Å². The van der Waals surface area contributed by atoms with Crippen LogP contribution in [-0.2, 0) is 6.54 Å². The Morgan fingerprint density at radius 3 is 2.47 bits per heavy atom. The number of aromatic nitrogens is 1. The summed E-state index contributed by atoms with van der Waals surface area (Å²) >= 11 is 0.903. The van der Waals surface area contributed by atoms with E-state index in [9.17, 15) is 19.1 Å². The van der Waals surface area contributed by atoms with Gasteiger partial charge in [-0.25, -0.2) is 9.18 Å². The lowest BCUT2D eigenvalue weighted by atomic mass is 10.1. The minimum Gasteiger partial charge on any atom is -0.505 e. The molecule has 0 unspecified atom stereocenters. The molecule has 0 atom stereocenters. The first kappa shape index (κ1) is 21.8. The van der Waals surface area contributed by atoms with Crippen LogP contribution < -0.4 is 15.9 Å². The van der Waals surface area contributed by atoms with Gasteiger partial charge in [-0.1, -0.05) is 42.1 Å². The molecule has 2 aromatic heterocycles. The number of rotatable bonds is 5. The van der Waals surface area contributed by atoms with Crippen LogP contribution in [0.15, 0.2) is 96.6 Å². The van der Waals surface area contributed by atoms with Gasteiger partial charge in [-0.05, 0) is 42.0 Å². The minimum absolute atomic E-state index is 0.00193. The molecule has 0 saturated heterocycles. The molecule has 6 nitrogen and oxygen atoms in total. The highest BCUT2D eigenvalue weighted by atomic mass is 32.2. The molecule has 0 bridgehead atoms. The molecule has 8 heteroatoms. The summed E-state index contributed by atoms with van der Waals surface area (Å²) in [7, 11) is 1.52. The second-order valence-corrected chi connectivity index (χ2v) is 8.67. The van der Waals surface area contributed by atoms with Crippen LogP contribution in [0.5, 0.6) is 11.5 Å². The second-order valence-electron chi connectivity index (χ2n) is 7.59. The van der Waals surface area contributed by atoms with E-state index in [0.29, 0.717) is 21.5 Å². The van der Waals surface area contributed by atoms with Crippen LogP contribution in [0.2, 0.25) is 0 Å². The predicted octanol–water partition coefficient (Wildman–Crippen LogP) is 5.16. The number of methoxy groups -OCH3 is 1. The summed E-state index contributed by atoms with van der Waals surface area (Å²) in [5.41, 5.74) is 0.0735. The lowest BCUT2D eigenvalue weighted by Gasteiger charge is -2.15. The minimum atomic E-state index is -0.795. The van der Waals surface area contributed by atoms with Gasteiger partial charge in [0, 0.05) is 16.3 Å². The molecule has 0 fully saturated rings. The average Bonchev–Trinajstić information content (AvgIpc) is 2.85. The Hall–Kier alpha value is -4.04. The van der Waals surface area contributed by atoms with E-state index < -0.39 is 22.8 Å². The zero-order valence-corrected chi connectivity index (χ0v) is 18.8. The predicted molar refractivity (Wildman–Crippen MR) is 129 cm³/mol. The number of fused-ring (bicyclic) bond motifs is 3. The number of halogens is 1. The fourth-order valence-corrected chi connectivity index (χ4v) is 4.66. The van der Waals surface area contributed by atoms with Gasteiger partial charge >= 0.3 is 5.63 Å². The number of ether oxygens (including phenoxy) is 1. The molecule has 3 aromatic carbocycles. The van der Waals surface area contributed by atoms with E-state index in [0.717, 1.165) is 17.3 Å². The van der Waals surface area contributed by atoms with Crippen molar-refractivity contribution < 1.29 is 18.7 Å². The van der Waals surface area contributed by atoms with E-state index in [1.807, 2.05) is 30.3 Å². The first-order chi connectivity index (χ1) is 16.5. The third kappa shape index (κ3) is 3.82. The molecule has 5 aromatic rings. The standard InChI is InChI=1S/C26H18FNO5S/c1-32-17-9-12-19-20(13-17)28(14-15-5-3-2-4-6-15)25(30)21-22(29)24(26(31)33-23(19)21)34-18-10-7-16(27)8-11-18/h2-13,29H,14H2,1H3. The summed E-state index contributed by atoms with van der Waals surface area (Å²) in [6, 6.07) is 19.9. The van der Waals surface area contributed by atoms with E-state index in [1.54, 1.807) is 18.2 Å². The molecule has 2 heterocycles. The molecule has 34 heavy (non-hydrogen) atoms. The van der Waals surface area contributed by atoms with Crippen LogP contribution in [0.3, 0.4) is 0 Å². The normalized spacial score (nSPS) is 11.2. The maximum atomic E-state index is 13.7. The van der Waals surface area contributed by atoms with Crippen LogP contribution in [0.1, 0.15) is 5.56 Å². The van der Waals surface area contributed by atoms with Crippen molar-refractivity contribution in [3.8, 4) is 11.5 Å². The van der Waals surface area contributed by atoms with Gasteiger partial charge in [0.2, 0.25) is 0 Å². The van der Waals surface area contributed by atoms with Crippen LogP contribution >= 0.6 is 11.8 Å². The van der Waals surface area contributed by atoms with Crippen molar-refractivity contribution in [2.45, 2.75) is 16.3 Å². The molecule has 0 aliphatic heterocycles. The van der Waals surface area contributed by atoms with Crippen molar-refractivity contribution in [2.24, 2.45) is 0 Å². The Kier molecular flexibility index (Phi) is 5.59. The quantitative estimate of drug-likeness (QED) is 0.354. The van der Waals surface area contributed by atoms with Crippen LogP contribution in [0.25, 0.3) is 21.9 Å². The van der Waals surface area contributed by atoms with Gasteiger partial charge < -0.3 is 18.8 Å². The van der Waals surface area contributed by atoms with Crippen LogP contribution in [0, 0.1) is 5.82 Å². The monoisotopic (exact) mass is 475 g/mol. The van der Waals surface area contributed by atoms with E-state index in [4.69, 9.17) is 9.15 Å². The first-order valence-corrected chi connectivity index (χ1v) is 11.2. The summed E-state index contributed by atoms with van der Waals surface area (Å²) in [4.78, 5) is 26.9. The molecular formula is C26H18FNO5S. The van der Waals surface area contributed by atoms with Gasteiger partial charge in [0.25, 0.3) is 5.56 Å². The van der Waals surface area contributed by atoms with Crippen molar-refractivity contribution in [1.82, 2.24) is 4.57 Å². The highest BCUT2D eigenvalue weighted by Crippen LogP contribution is 2.37. The summed E-state index contributed by atoms with van der Waals surface area (Å²) < 4.78 is 25.7. The highest BCUT2D eigenvalue weighted by Gasteiger charge is 2.22. The van der Waals surface area contributed by atoms with Crippen molar-refractivity contribution in [1.29, 1.82) is 0 Å². The smallest absolute Gasteiger partial charge is 0.354 e. The molecule has 0 spiro atoms. The number of aromatic hydroxyl groups is 1. The average molecular weight is 475 g/mol. The van der Waals surface area contributed by atoms with Gasteiger partial charge in [0.15, 0.2) is 11.3 Å². The fraction of sp³-hybridized carbons (Fsp3) is 0.0769. The third-order valence-corrected chi connectivity index (χ3v) is 6.55. The number of benzene rings is 3. The van der Waals surface area contributed by atoms with Crippen LogP contribution in [-0.4, -0.2) is 16.8 Å². The number of nitrogens with zero attached hydrogens (tertiary/aromatic N) is 1. The Bertz CT molecular complexity index is 1640. The van der Waals surface area contributed by atoms with Gasteiger partial charge in [-0.15, -0.1) is 0 Å².